The van der Waals surface area contributed by atoms with E-state index in [9.17, 15) is 4.79 Å². The standard InChI is InChI=1S/C24H31N3O/c1-18(2)17-27-22-14-9-8-13-21(22)26-23(27)15-5-4-10-16-25-24(28)20-12-7-6-11-19(20)3/h6-9,11-14,18H,4-5,10,15-17H2,1-3H3,(H,25,28). The molecule has 3 rings (SSSR count). The molecule has 4 heteroatoms. The van der Waals surface area contributed by atoms with E-state index in [-0.39, 0.29) is 5.91 Å². The van der Waals surface area contributed by atoms with Gasteiger partial charge >= 0.3 is 0 Å². The Hall–Kier alpha value is -2.62. The number of aryl methyl sites for hydroxylation is 2. The summed E-state index contributed by atoms with van der Waals surface area (Å²) in [4.78, 5) is 17.1. The second-order valence-electron chi connectivity index (χ2n) is 7.90. The number of nitrogens with zero attached hydrogens (tertiary/aromatic N) is 2. The van der Waals surface area contributed by atoms with Gasteiger partial charge in [0, 0.05) is 25.1 Å². The van der Waals surface area contributed by atoms with Gasteiger partial charge in [0.2, 0.25) is 0 Å². The Morgan fingerprint density at radius 2 is 1.79 bits per heavy atom. The monoisotopic (exact) mass is 377 g/mol. The summed E-state index contributed by atoms with van der Waals surface area (Å²) in [5.41, 5.74) is 4.11. The SMILES string of the molecule is Cc1ccccc1C(=O)NCCCCCc1nc2ccccc2n1CC(C)C. The van der Waals surface area contributed by atoms with Crippen LogP contribution in [-0.4, -0.2) is 22.0 Å². The summed E-state index contributed by atoms with van der Waals surface area (Å²) in [7, 11) is 0. The van der Waals surface area contributed by atoms with Crippen molar-refractivity contribution >= 4 is 16.9 Å². The number of aromatic nitrogens is 2. The first kappa shape index (κ1) is 20.1. The summed E-state index contributed by atoms with van der Waals surface area (Å²) in [5.74, 6) is 1.80. The van der Waals surface area contributed by atoms with Crippen molar-refractivity contribution in [3.63, 3.8) is 0 Å². The second kappa shape index (κ2) is 9.54. The number of para-hydroxylation sites is 2. The molecule has 0 bridgehead atoms. The largest absolute Gasteiger partial charge is 0.352 e. The minimum atomic E-state index is 0.0248. The molecular weight excluding hydrogens is 346 g/mol. The van der Waals surface area contributed by atoms with Crippen LogP contribution in [0.25, 0.3) is 11.0 Å². The van der Waals surface area contributed by atoms with Gasteiger partial charge in [-0.2, -0.15) is 0 Å². The third-order valence-corrected chi connectivity index (χ3v) is 5.03. The van der Waals surface area contributed by atoms with Crippen LogP contribution in [0, 0.1) is 12.8 Å². The van der Waals surface area contributed by atoms with Crippen molar-refractivity contribution in [1.29, 1.82) is 0 Å². The Morgan fingerprint density at radius 1 is 1.04 bits per heavy atom. The van der Waals surface area contributed by atoms with Crippen LogP contribution in [0.2, 0.25) is 0 Å². The van der Waals surface area contributed by atoms with Crippen LogP contribution in [-0.2, 0) is 13.0 Å². The Morgan fingerprint density at radius 3 is 2.57 bits per heavy atom. The van der Waals surface area contributed by atoms with Gasteiger partial charge in [0.15, 0.2) is 0 Å². The van der Waals surface area contributed by atoms with Gasteiger partial charge in [0.25, 0.3) is 5.91 Å². The summed E-state index contributed by atoms with van der Waals surface area (Å²) >= 11 is 0. The smallest absolute Gasteiger partial charge is 0.251 e. The number of unbranched alkanes of at least 4 members (excludes halogenated alkanes) is 2. The number of amides is 1. The Bertz CT molecular complexity index is 926. The normalized spacial score (nSPS) is 11.3. The van der Waals surface area contributed by atoms with Crippen LogP contribution < -0.4 is 5.32 Å². The predicted molar refractivity (Wildman–Crippen MR) is 116 cm³/mol. The van der Waals surface area contributed by atoms with E-state index < -0.39 is 0 Å². The number of hydrogen-bond acceptors (Lipinski definition) is 2. The van der Waals surface area contributed by atoms with Crippen LogP contribution in [0.3, 0.4) is 0 Å². The number of carbonyl (C=O) groups is 1. The third-order valence-electron chi connectivity index (χ3n) is 5.03. The number of carbonyl (C=O) groups excluding carboxylic acids is 1. The first-order chi connectivity index (χ1) is 13.6. The Balaban J connectivity index is 1.48. The van der Waals surface area contributed by atoms with E-state index in [1.165, 1.54) is 11.3 Å². The number of benzene rings is 2. The van der Waals surface area contributed by atoms with E-state index in [4.69, 9.17) is 4.98 Å². The lowest BCUT2D eigenvalue weighted by Gasteiger charge is -2.12. The molecule has 28 heavy (non-hydrogen) atoms. The molecule has 0 aliphatic rings. The van der Waals surface area contributed by atoms with E-state index in [1.807, 2.05) is 31.2 Å². The molecule has 0 saturated heterocycles. The van der Waals surface area contributed by atoms with E-state index in [0.717, 1.165) is 55.4 Å². The minimum absolute atomic E-state index is 0.0248. The van der Waals surface area contributed by atoms with Gasteiger partial charge in [0.05, 0.1) is 11.0 Å². The zero-order valence-electron chi connectivity index (χ0n) is 17.2. The highest BCUT2D eigenvalue weighted by molar-refractivity contribution is 5.95. The molecular formula is C24H31N3O. The maximum atomic E-state index is 12.2. The molecule has 3 aromatic rings. The van der Waals surface area contributed by atoms with Gasteiger partial charge in [0.1, 0.15) is 5.82 Å². The molecule has 0 atom stereocenters. The fraction of sp³-hybridized carbons (Fsp3) is 0.417. The van der Waals surface area contributed by atoms with Crippen LogP contribution >= 0.6 is 0 Å². The van der Waals surface area contributed by atoms with Crippen LogP contribution in [0.15, 0.2) is 48.5 Å². The lowest BCUT2D eigenvalue weighted by atomic mass is 10.1. The highest BCUT2D eigenvalue weighted by Gasteiger charge is 2.11. The molecule has 0 aliphatic heterocycles. The highest BCUT2D eigenvalue weighted by Crippen LogP contribution is 2.19. The molecule has 148 valence electrons. The maximum Gasteiger partial charge on any atom is 0.251 e. The molecule has 1 heterocycles. The van der Waals surface area contributed by atoms with Crippen molar-refractivity contribution in [1.82, 2.24) is 14.9 Å². The summed E-state index contributed by atoms with van der Waals surface area (Å²) in [6, 6.07) is 16.1. The van der Waals surface area contributed by atoms with Gasteiger partial charge in [-0.05, 0) is 49.4 Å². The molecule has 0 saturated carbocycles. The number of imidazole rings is 1. The van der Waals surface area contributed by atoms with Crippen LogP contribution in [0.1, 0.15) is 54.9 Å². The minimum Gasteiger partial charge on any atom is -0.352 e. The quantitative estimate of drug-likeness (QED) is 0.525. The summed E-state index contributed by atoms with van der Waals surface area (Å²) in [5, 5.41) is 3.04. The molecule has 1 N–H and O–H groups in total. The first-order valence-electron chi connectivity index (χ1n) is 10.3. The highest BCUT2D eigenvalue weighted by atomic mass is 16.1. The molecule has 0 unspecified atom stereocenters. The molecule has 0 aliphatic carbocycles. The van der Waals surface area contributed by atoms with E-state index >= 15 is 0 Å². The molecule has 1 aromatic heterocycles. The van der Waals surface area contributed by atoms with Crippen molar-refractivity contribution in [3.8, 4) is 0 Å². The van der Waals surface area contributed by atoms with Crippen LogP contribution in [0.5, 0.6) is 0 Å². The average Bonchev–Trinajstić information content (AvgIpc) is 3.01. The molecule has 4 nitrogen and oxygen atoms in total. The molecule has 1 amide bonds. The lowest BCUT2D eigenvalue weighted by Crippen LogP contribution is -2.25. The zero-order valence-corrected chi connectivity index (χ0v) is 17.2. The molecule has 0 radical (unpaired) electrons. The van der Waals surface area contributed by atoms with Crippen molar-refractivity contribution in [2.45, 2.75) is 53.0 Å². The summed E-state index contributed by atoms with van der Waals surface area (Å²) in [6.07, 6.45) is 4.13. The zero-order chi connectivity index (χ0) is 19.9. The van der Waals surface area contributed by atoms with E-state index in [0.29, 0.717) is 5.92 Å². The Labute approximate surface area is 168 Å². The van der Waals surface area contributed by atoms with Crippen LogP contribution in [0.4, 0.5) is 0 Å². The number of hydrogen-bond donors (Lipinski definition) is 1. The van der Waals surface area contributed by atoms with E-state index in [2.05, 4.69) is 48.0 Å². The summed E-state index contributed by atoms with van der Waals surface area (Å²) < 4.78 is 2.37. The van der Waals surface area contributed by atoms with Crippen molar-refractivity contribution < 1.29 is 4.79 Å². The van der Waals surface area contributed by atoms with Crippen molar-refractivity contribution in [2.24, 2.45) is 5.92 Å². The lowest BCUT2D eigenvalue weighted by molar-refractivity contribution is 0.0952. The maximum absolute atomic E-state index is 12.2. The Kier molecular flexibility index (Phi) is 6.85. The first-order valence-corrected chi connectivity index (χ1v) is 10.3. The van der Waals surface area contributed by atoms with Gasteiger partial charge in [-0.3, -0.25) is 4.79 Å². The van der Waals surface area contributed by atoms with Gasteiger partial charge < -0.3 is 9.88 Å². The molecule has 0 fully saturated rings. The molecule has 0 spiro atoms. The van der Waals surface area contributed by atoms with Gasteiger partial charge in [-0.1, -0.05) is 50.6 Å². The fourth-order valence-corrected chi connectivity index (χ4v) is 3.59. The molecule has 2 aromatic carbocycles. The van der Waals surface area contributed by atoms with E-state index in [1.54, 1.807) is 0 Å². The van der Waals surface area contributed by atoms with Gasteiger partial charge in [-0.15, -0.1) is 0 Å². The topological polar surface area (TPSA) is 46.9 Å². The number of rotatable bonds is 9. The van der Waals surface area contributed by atoms with Crippen molar-refractivity contribution in [2.75, 3.05) is 6.54 Å². The summed E-state index contributed by atoms with van der Waals surface area (Å²) in [6.45, 7) is 8.18. The average molecular weight is 378 g/mol. The van der Waals surface area contributed by atoms with Crippen molar-refractivity contribution in [3.05, 3.63) is 65.5 Å². The number of nitrogens with one attached hydrogen (secondary N) is 1. The predicted octanol–water partition coefficient (Wildman–Crippen LogP) is 5.14. The van der Waals surface area contributed by atoms with Gasteiger partial charge in [-0.25, -0.2) is 4.98 Å². The second-order valence-corrected chi connectivity index (χ2v) is 7.90. The third kappa shape index (κ3) is 5.00. The number of fused-ring (bicyclic) bond motifs is 1. The fourth-order valence-electron chi connectivity index (χ4n) is 3.59.